The van der Waals surface area contributed by atoms with Crippen molar-refractivity contribution in [3.63, 3.8) is 0 Å². The second-order valence-electron chi connectivity index (χ2n) is 7.75. The molecular formula is C20H35N5O8S3. The normalized spacial score (nSPS) is 15.2. The van der Waals surface area contributed by atoms with Gasteiger partial charge in [-0.05, 0) is 43.3 Å². The number of nitrogens with zero attached hydrogens (tertiary/aromatic N) is 1. The van der Waals surface area contributed by atoms with Gasteiger partial charge < -0.3 is 32.7 Å². The highest BCUT2D eigenvalue weighted by atomic mass is 32.2. The van der Waals surface area contributed by atoms with Crippen LogP contribution in [0.1, 0.15) is 25.7 Å². The summed E-state index contributed by atoms with van der Waals surface area (Å²) < 4.78 is 0. The number of Topliss-reactive ketones (excluding diaryl/α,β-unsaturated/α-hetero) is 1. The predicted octanol–water partition coefficient (Wildman–Crippen LogP) is -1.87. The molecule has 5 unspecified atom stereocenters. The molecule has 206 valence electrons. The first-order chi connectivity index (χ1) is 16.8. The summed E-state index contributed by atoms with van der Waals surface area (Å²) in [7, 11) is 0. The van der Waals surface area contributed by atoms with Crippen LogP contribution in [0, 0.1) is 0 Å². The van der Waals surface area contributed by atoms with Crippen LogP contribution in [0.5, 0.6) is 0 Å². The minimum atomic E-state index is -2.26. The van der Waals surface area contributed by atoms with Crippen LogP contribution in [0.25, 0.3) is 0 Å². The first-order valence-corrected chi connectivity index (χ1v) is 14.3. The topological polar surface area (TPSA) is 236 Å². The van der Waals surface area contributed by atoms with Crippen molar-refractivity contribution >= 4 is 71.6 Å². The lowest BCUT2D eigenvalue weighted by Gasteiger charge is -2.32. The van der Waals surface area contributed by atoms with E-state index in [2.05, 4.69) is 17.9 Å². The van der Waals surface area contributed by atoms with E-state index in [9.17, 15) is 33.9 Å². The maximum Gasteiger partial charge on any atom is 0.334 e. The molecule has 0 fully saturated rings. The second kappa shape index (κ2) is 17.6. The number of hydrogen-bond donors (Lipinski definition) is 7. The monoisotopic (exact) mass is 569 g/mol. The lowest BCUT2D eigenvalue weighted by atomic mass is 10.00. The molecule has 0 radical (unpaired) electrons. The Morgan fingerprint density at radius 1 is 0.833 bits per heavy atom. The number of amides is 3. The standard InChI is InChI=1S/C20H35N5O8S3/c1-35-7-5-10(21)16(27)15(20(32)33)25(17(28)11(22)6-8-36-2)18(29)13(9-34)24-14(26)4-3-12(23)19(30)31/h10-13,15,34H,3-9,21-23H2,1-2H3,(H,24,26)(H,30,31)(H,32,33). The number of nitrogens with one attached hydrogen (secondary N) is 1. The van der Waals surface area contributed by atoms with Crippen molar-refractivity contribution in [2.45, 2.75) is 55.9 Å². The Kier molecular flexibility index (Phi) is 16.7. The third-order valence-corrected chi connectivity index (χ3v) is 6.65. The molecule has 36 heavy (non-hydrogen) atoms. The molecular weight excluding hydrogens is 534 g/mol. The Bertz CT molecular complexity index is 803. The highest BCUT2D eigenvalue weighted by Gasteiger charge is 2.45. The summed E-state index contributed by atoms with van der Waals surface area (Å²) >= 11 is 6.76. The van der Waals surface area contributed by atoms with Crippen molar-refractivity contribution in [3.05, 3.63) is 0 Å². The van der Waals surface area contributed by atoms with Gasteiger partial charge in [0.1, 0.15) is 12.1 Å². The number of aliphatic carboxylic acids is 2. The van der Waals surface area contributed by atoms with Crippen LogP contribution in [-0.2, 0) is 28.8 Å². The van der Waals surface area contributed by atoms with E-state index in [0.717, 1.165) is 0 Å². The number of rotatable bonds is 18. The molecule has 16 heteroatoms. The number of carbonyl (C=O) groups excluding carboxylic acids is 4. The van der Waals surface area contributed by atoms with Gasteiger partial charge in [-0.15, -0.1) is 0 Å². The Morgan fingerprint density at radius 3 is 1.81 bits per heavy atom. The van der Waals surface area contributed by atoms with E-state index >= 15 is 0 Å². The molecule has 0 saturated carbocycles. The largest absolute Gasteiger partial charge is 0.480 e. The van der Waals surface area contributed by atoms with E-state index in [-0.39, 0.29) is 36.3 Å². The number of carboxylic acids is 2. The van der Waals surface area contributed by atoms with Gasteiger partial charge in [-0.1, -0.05) is 0 Å². The molecule has 0 aliphatic heterocycles. The Hall–Kier alpha value is -1.85. The summed E-state index contributed by atoms with van der Waals surface area (Å²) in [5, 5.41) is 21.0. The van der Waals surface area contributed by atoms with Crippen molar-refractivity contribution in [1.29, 1.82) is 0 Å². The molecule has 0 aromatic carbocycles. The number of thiol groups is 1. The highest BCUT2D eigenvalue weighted by Crippen LogP contribution is 2.14. The number of hydrogen-bond acceptors (Lipinski definition) is 12. The fraction of sp³-hybridized carbons (Fsp3) is 0.700. The van der Waals surface area contributed by atoms with Gasteiger partial charge in [0.05, 0.1) is 12.1 Å². The highest BCUT2D eigenvalue weighted by molar-refractivity contribution is 7.98. The molecule has 0 aliphatic carbocycles. The molecule has 9 N–H and O–H groups in total. The summed E-state index contributed by atoms with van der Waals surface area (Å²) in [5.41, 5.74) is 17.2. The number of carboxylic acid groups (broad SMARTS) is 2. The van der Waals surface area contributed by atoms with Crippen LogP contribution in [0.15, 0.2) is 0 Å². The van der Waals surface area contributed by atoms with Gasteiger partial charge in [0.25, 0.3) is 5.91 Å². The zero-order valence-corrected chi connectivity index (χ0v) is 22.7. The van der Waals surface area contributed by atoms with Crippen LogP contribution >= 0.6 is 36.2 Å². The number of ketones is 1. The van der Waals surface area contributed by atoms with E-state index in [1.807, 2.05) is 0 Å². The molecule has 5 atom stereocenters. The Morgan fingerprint density at radius 2 is 1.36 bits per heavy atom. The maximum atomic E-state index is 13.4. The molecule has 3 amide bonds. The first kappa shape index (κ1) is 34.1. The maximum absolute atomic E-state index is 13.4. The second-order valence-corrected chi connectivity index (χ2v) is 10.1. The number of nitrogens with two attached hydrogens (primary N) is 3. The van der Waals surface area contributed by atoms with Crippen LogP contribution in [0.2, 0.25) is 0 Å². The van der Waals surface area contributed by atoms with Gasteiger partial charge in [0.2, 0.25) is 11.8 Å². The molecule has 0 rings (SSSR count). The molecule has 0 aliphatic rings. The van der Waals surface area contributed by atoms with Gasteiger partial charge in [0, 0.05) is 12.2 Å². The zero-order valence-electron chi connectivity index (χ0n) is 20.1. The minimum absolute atomic E-state index is 0.0911. The van der Waals surface area contributed by atoms with Crippen LogP contribution in [-0.4, -0.2) is 111 Å². The summed E-state index contributed by atoms with van der Waals surface area (Å²) in [6.07, 6.45) is 3.11. The number of thioether (sulfide) groups is 2. The van der Waals surface area contributed by atoms with Crippen molar-refractivity contribution in [1.82, 2.24) is 10.2 Å². The van der Waals surface area contributed by atoms with Crippen LogP contribution in [0.3, 0.4) is 0 Å². The summed E-state index contributed by atoms with van der Waals surface area (Å²) in [6, 6.07) is -7.67. The molecule has 0 heterocycles. The third-order valence-electron chi connectivity index (χ3n) is 5.00. The van der Waals surface area contributed by atoms with E-state index in [0.29, 0.717) is 11.5 Å². The van der Waals surface area contributed by atoms with Gasteiger partial charge in [-0.2, -0.15) is 36.2 Å². The average molecular weight is 570 g/mol. The summed E-state index contributed by atoms with van der Waals surface area (Å²) in [4.78, 5) is 75.0. The van der Waals surface area contributed by atoms with Crippen LogP contribution in [0.4, 0.5) is 0 Å². The van der Waals surface area contributed by atoms with E-state index in [4.69, 9.17) is 22.3 Å². The van der Waals surface area contributed by atoms with Crippen molar-refractivity contribution < 1.29 is 39.0 Å². The molecule has 0 aromatic rings. The lowest BCUT2D eigenvalue weighted by molar-refractivity contribution is -0.163. The number of imide groups is 1. The fourth-order valence-electron chi connectivity index (χ4n) is 2.89. The minimum Gasteiger partial charge on any atom is -0.480 e. The predicted molar refractivity (Wildman–Crippen MR) is 141 cm³/mol. The summed E-state index contributed by atoms with van der Waals surface area (Å²) in [6.45, 7) is 0. The van der Waals surface area contributed by atoms with Gasteiger partial charge in [-0.25, -0.2) is 4.79 Å². The zero-order chi connectivity index (χ0) is 28.0. The van der Waals surface area contributed by atoms with Gasteiger partial charge in [0.15, 0.2) is 11.8 Å². The Labute approximate surface area is 223 Å². The molecule has 13 nitrogen and oxygen atoms in total. The van der Waals surface area contributed by atoms with E-state index in [1.165, 1.54) is 23.5 Å². The molecule has 0 spiro atoms. The third kappa shape index (κ3) is 11.0. The van der Waals surface area contributed by atoms with Crippen LogP contribution < -0.4 is 22.5 Å². The lowest BCUT2D eigenvalue weighted by Crippen LogP contribution is -2.63. The fourth-order valence-corrected chi connectivity index (χ4v) is 4.12. The van der Waals surface area contributed by atoms with Gasteiger partial charge >= 0.3 is 11.9 Å². The number of carbonyl (C=O) groups is 6. The van der Waals surface area contributed by atoms with Crippen molar-refractivity contribution in [2.24, 2.45) is 17.2 Å². The van der Waals surface area contributed by atoms with E-state index in [1.54, 1.807) is 12.5 Å². The first-order valence-electron chi connectivity index (χ1n) is 10.8. The molecule has 0 saturated heterocycles. The quantitative estimate of drug-likeness (QED) is 0.0708. The van der Waals surface area contributed by atoms with Crippen molar-refractivity contribution in [2.75, 3.05) is 29.8 Å². The summed E-state index contributed by atoms with van der Waals surface area (Å²) in [5.74, 6) is -6.77. The molecule has 0 bridgehead atoms. The van der Waals surface area contributed by atoms with E-state index < -0.39 is 65.7 Å². The van der Waals surface area contributed by atoms with Gasteiger partial charge in [-0.3, -0.25) is 28.9 Å². The molecule has 0 aromatic heterocycles. The smallest absolute Gasteiger partial charge is 0.334 e. The van der Waals surface area contributed by atoms with Crippen molar-refractivity contribution in [3.8, 4) is 0 Å². The average Bonchev–Trinajstić information content (AvgIpc) is 2.84. The Balaban J connectivity index is 6.10. The SMILES string of the molecule is CSCCC(N)C(=O)C(C(=O)O)N(C(=O)C(N)CCSC)C(=O)C(CS)NC(=O)CCC(N)C(=O)O.